The molecule has 0 saturated heterocycles. The fraction of sp³-hybridized carbons (Fsp3) is 0.348. The van der Waals surface area contributed by atoms with Crippen molar-refractivity contribution in [3.63, 3.8) is 0 Å². The van der Waals surface area contributed by atoms with Crippen molar-refractivity contribution in [3.05, 3.63) is 56.4 Å². The van der Waals surface area contributed by atoms with E-state index >= 15 is 0 Å². The molecule has 0 aliphatic rings. The maximum atomic E-state index is 12.6. The summed E-state index contributed by atoms with van der Waals surface area (Å²) in [5.74, 6) is -0.220. The maximum Gasteiger partial charge on any atom is 0.348 e. The molecule has 2 aromatic heterocycles. The number of carbonyl (C=O) groups is 1. The molecule has 8 heteroatoms. The number of aryl methyl sites for hydroxylation is 1. The van der Waals surface area contributed by atoms with E-state index in [9.17, 15) is 9.59 Å². The zero-order chi connectivity index (χ0) is 22.5. The number of carbonyl (C=O) groups excluding carboxylic acids is 1. The van der Waals surface area contributed by atoms with Crippen LogP contribution < -0.4 is 10.5 Å². The van der Waals surface area contributed by atoms with E-state index in [1.165, 1.54) is 12.8 Å². The lowest BCUT2D eigenvalue weighted by atomic mass is 10.1. The minimum Gasteiger partial charge on any atom is -0.465 e. The van der Waals surface area contributed by atoms with Gasteiger partial charge in [-0.05, 0) is 49.1 Å². The maximum absolute atomic E-state index is 12.6. The summed E-state index contributed by atoms with van der Waals surface area (Å²) in [5.41, 5.74) is 2.31. The highest BCUT2D eigenvalue weighted by Crippen LogP contribution is 2.29. The third-order valence-corrected chi connectivity index (χ3v) is 6.39. The molecule has 0 saturated carbocycles. The Bertz CT molecular complexity index is 1160. The molecule has 0 atom stereocenters. The Labute approximate surface area is 190 Å². The number of aromatic nitrogens is 2. The molecular weight excluding hydrogens is 434 g/mol. The fourth-order valence-corrected chi connectivity index (χ4v) is 4.77. The molecule has 0 fully saturated rings. The van der Waals surface area contributed by atoms with E-state index in [0.717, 1.165) is 42.8 Å². The zero-order valence-corrected chi connectivity index (χ0v) is 19.7. The number of esters is 1. The fourth-order valence-electron chi connectivity index (χ4n) is 3.45. The molecule has 6 nitrogen and oxygen atoms in total. The number of nitrogens with zero attached hydrogens (tertiary/aromatic N) is 2. The Hall–Kier alpha value is -2.64. The Morgan fingerprint density at radius 1 is 1.23 bits per heavy atom. The SMILES string of the molecule is CCCN(CCC)c1ccc(/C=C(\Cl)c2nc3sc(C(=O)OC)c(C)c3c(=O)[nH]2)cc1. The monoisotopic (exact) mass is 459 g/mol. The number of H-pyrrole nitrogens is 1. The smallest absolute Gasteiger partial charge is 0.348 e. The Balaban J connectivity index is 1.92. The number of benzene rings is 1. The van der Waals surface area contributed by atoms with Crippen LogP contribution in [0.3, 0.4) is 0 Å². The van der Waals surface area contributed by atoms with Crippen LogP contribution in [0.5, 0.6) is 0 Å². The van der Waals surface area contributed by atoms with Gasteiger partial charge in [-0.25, -0.2) is 9.78 Å². The molecule has 164 valence electrons. The molecule has 0 spiro atoms. The molecule has 0 amide bonds. The van der Waals surface area contributed by atoms with Crippen LogP contribution in [0.25, 0.3) is 21.3 Å². The van der Waals surface area contributed by atoms with Gasteiger partial charge in [-0.1, -0.05) is 37.6 Å². The van der Waals surface area contributed by atoms with Gasteiger partial charge in [-0.15, -0.1) is 11.3 Å². The quantitative estimate of drug-likeness (QED) is 0.454. The van der Waals surface area contributed by atoms with Crippen molar-refractivity contribution < 1.29 is 9.53 Å². The third kappa shape index (κ3) is 4.99. The van der Waals surface area contributed by atoms with Gasteiger partial charge in [0.15, 0.2) is 5.82 Å². The topological polar surface area (TPSA) is 75.3 Å². The normalized spacial score (nSPS) is 11.7. The van der Waals surface area contributed by atoms with Crippen LogP contribution >= 0.6 is 22.9 Å². The molecule has 0 unspecified atom stereocenters. The molecule has 31 heavy (non-hydrogen) atoms. The molecule has 3 rings (SSSR count). The summed E-state index contributed by atoms with van der Waals surface area (Å²) < 4.78 is 4.79. The highest BCUT2D eigenvalue weighted by atomic mass is 35.5. The van der Waals surface area contributed by atoms with Crippen LogP contribution in [0.15, 0.2) is 29.1 Å². The van der Waals surface area contributed by atoms with Gasteiger partial charge in [0.2, 0.25) is 0 Å². The number of aromatic amines is 1. The molecule has 2 heterocycles. The summed E-state index contributed by atoms with van der Waals surface area (Å²) in [6, 6.07) is 8.15. The number of hydrogen-bond acceptors (Lipinski definition) is 6. The summed E-state index contributed by atoms with van der Waals surface area (Å²) >= 11 is 7.61. The molecule has 0 radical (unpaired) electrons. The van der Waals surface area contributed by atoms with Crippen molar-refractivity contribution in [2.45, 2.75) is 33.6 Å². The Morgan fingerprint density at radius 2 is 1.87 bits per heavy atom. The first kappa shape index (κ1) is 23.0. The summed E-state index contributed by atoms with van der Waals surface area (Å²) in [6.45, 7) is 8.09. The first-order valence-corrected chi connectivity index (χ1v) is 11.4. The van der Waals surface area contributed by atoms with E-state index in [-0.39, 0.29) is 11.4 Å². The molecule has 1 N–H and O–H groups in total. The number of hydrogen-bond donors (Lipinski definition) is 1. The van der Waals surface area contributed by atoms with Gasteiger partial charge in [-0.2, -0.15) is 0 Å². The zero-order valence-electron chi connectivity index (χ0n) is 18.1. The molecule has 3 aromatic rings. The number of ether oxygens (including phenoxy) is 1. The second kappa shape index (κ2) is 10.1. The van der Waals surface area contributed by atoms with Gasteiger partial charge in [0.1, 0.15) is 9.71 Å². The van der Waals surface area contributed by atoms with Crippen LogP contribution in [0, 0.1) is 6.92 Å². The summed E-state index contributed by atoms with van der Waals surface area (Å²) in [5, 5.41) is 0.700. The van der Waals surface area contributed by atoms with E-state index in [1.807, 2.05) is 12.1 Å². The molecule has 0 bridgehead atoms. The van der Waals surface area contributed by atoms with E-state index in [0.29, 0.717) is 25.7 Å². The predicted molar refractivity (Wildman–Crippen MR) is 129 cm³/mol. The van der Waals surface area contributed by atoms with Crippen LogP contribution in [-0.4, -0.2) is 36.1 Å². The molecule has 0 aliphatic carbocycles. The van der Waals surface area contributed by atoms with Crippen molar-refractivity contribution in [2.24, 2.45) is 0 Å². The summed E-state index contributed by atoms with van der Waals surface area (Å²) in [6.07, 6.45) is 3.95. The highest BCUT2D eigenvalue weighted by Gasteiger charge is 2.20. The van der Waals surface area contributed by atoms with Crippen molar-refractivity contribution in [1.82, 2.24) is 9.97 Å². The standard InChI is InChI=1S/C23H26ClN3O3S/c1-5-11-27(12-6-2)16-9-7-15(8-10-16)13-17(24)20-25-21(28)18-14(3)19(23(29)30-4)31-22(18)26-20/h7-10,13H,5-6,11-12H2,1-4H3,(H,25,26,28)/b17-13-. The molecule has 1 aromatic carbocycles. The van der Waals surface area contributed by atoms with Crippen molar-refractivity contribution in [2.75, 3.05) is 25.1 Å². The lowest BCUT2D eigenvalue weighted by Gasteiger charge is -2.23. The van der Waals surface area contributed by atoms with Gasteiger partial charge < -0.3 is 14.6 Å². The summed E-state index contributed by atoms with van der Waals surface area (Å²) in [4.78, 5) is 34.9. The van der Waals surface area contributed by atoms with Crippen LogP contribution in [0.1, 0.15) is 53.3 Å². The van der Waals surface area contributed by atoms with Crippen LogP contribution in [0.2, 0.25) is 0 Å². The largest absolute Gasteiger partial charge is 0.465 e. The van der Waals surface area contributed by atoms with E-state index in [2.05, 4.69) is 40.8 Å². The van der Waals surface area contributed by atoms with E-state index < -0.39 is 5.97 Å². The number of fused-ring (bicyclic) bond motifs is 1. The van der Waals surface area contributed by atoms with Crippen molar-refractivity contribution >= 4 is 55.9 Å². The number of thiophene rings is 1. The van der Waals surface area contributed by atoms with E-state index in [1.54, 1.807) is 13.0 Å². The predicted octanol–water partition coefficient (Wildman–Crippen LogP) is 5.44. The average Bonchev–Trinajstić information content (AvgIpc) is 3.10. The number of methoxy groups -OCH3 is 1. The second-order valence-corrected chi connectivity index (χ2v) is 8.62. The second-order valence-electron chi connectivity index (χ2n) is 7.21. The highest BCUT2D eigenvalue weighted by molar-refractivity contribution is 7.20. The lowest BCUT2D eigenvalue weighted by Crippen LogP contribution is -2.24. The van der Waals surface area contributed by atoms with Gasteiger partial charge in [-0.3, -0.25) is 4.79 Å². The number of anilines is 1. The summed E-state index contributed by atoms with van der Waals surface area (Å²) in [7, 11) is 1.31. The number of nitrogens with one attached hydrogen (secondary N) is 1. The lowest BCUT2D eigenvalue weighted by molar-refractivity contribution is 0.0605. The van der Waals surface area contributed by atoms with Crippen molar-refractivity contribution in [1.29, 1.82) is 0 Å². The third-order valence-electron chi connectivity index (χ3n) is 4.94. The van der Waals surface area contributed by atoms with Gasteiger partial charge >= 0.3 is 5.97 Å². The molecular formula is C23H26ClN3O3S. The molecule has 0 aliphatic heterocycles. The first-order chi connectivity index (χ1) is 14.9. The van der Waals surface area contributed by atoms with Gasteiger partial charge in [0, 0.05) is 18.8 Å². The van der Waals surface area contributed by atoms with Crippen LogP contribution in [0.4, 0.5) is 5.69 Å². The number of halogens is 1. The average molecular weight is 460 g/mol. The number of rotatable bonds is 8. The van der Waals surface area contributed by atoms with Gasteiger partial charge in [0.25, 0.3) is 5.56 Å². The van der Waals surface area contributed by atoms with Crippen LogP contribution in [-0.2, 0) is 4.74 Å². The Morgan fingerprint density at radius 3 is 2.45 bits per heavy atom. The van der Waals surface area contributed by atoms with E-state index in [4.69, 9.17) is 16.3 Å². The first-order valence-electron chi connectivity index (χ1n) is 10.2. The Kier molecular flexibility index (Phi) is 7.51. The minimum absolute atomic E-state index is 0.263. The van der Waals surface area contributed by atoms with Gasteiger partial charge in [0.05, 0.1) is 17.5 Å². The van der Waals surface area contributed by atoms with Crippen molar-refractivity contribution in [3.8, 4) is 0 Å². The minimum atomic E-state index is -0.483.